The minimum atomic E-state index is -0.797. The van der Waals surface area contributed by atoms with Crippen molar-refractivity contribution in [1.82, 2.24) is 10.1 Å². The Kier molecular flexibility index (Phi) is 4.30. The second kappa shape index (κ2) is 6.37. The summed E-state index contributed by atoms with van der Waals surface area (Å²) in [6, 6.07) is 7.75. The van der Waals surface area contributed by atoms with Crippen LogP contribution < -0.4 is 0 Å². The van der Waals surface area contributed by atoms with Crippen molar-refractivity contribution in [3.8, 4) is 10.7 Å². The Morgan fingerprint density at radius 1 is 1.41 bits per heavy atom. The number of halogens is 2. The van der Waals surface area contributed by atoms with Gasteiger partial charge in [-0.15, -0.1) is 11.3 Å². The molecule has 0 aliphatic carbocycles. The van der Waals surface area contributed by atoms with Crippen LogP contribution in [-0.2, 0) is 11.3 Å². The van der Waals surface area contributed by atoms with E-state index in [0.717, 1.165) is 4.88 Å². The van der Waals surface area contributed by atoms with Crippen molar-refractivity contribution in [2.75, 3.05) is 0 Å². The molecule has 0 fully saturated rings. The fraction of sp³-hybridized carbons (Fsp3) is 0.0714. The summed E-state index contributed by atoms with van der Waals surface area (Å²) in [5, 5.41) is 5.68. The van der Waals surface area contributed by atoms with Crippen LogP contribution in [0.1, 0.15) is 16.2 Å². The molecule has 0 unspecified atom stereocenters. The Morgan fingerprint density at radius 3 is 3.05 bits per heavy atom. The van der Waals surface area contributed by atoms with Crippen LogP contribution in [0.3, 0.4) is 0 Å². The van der Waals surface area contributed by atoms with Gasteiger partial charge in [0.05, 0.1) is 10.4 Å². The molecule has 0 aliphatic rings. The third kappa shape index (κ3) is 3.23. The fourth-order valence-electron chi connectivity index (χ4n) is 1.68. The van der Waals surface area contributed by atoms with Crippen LogP contribution in [-0.4, -0.2) is 16.1 Å². The Hall–Kier alpha value is -2.06. The summed E-state index contributed by atoms with van der Waals surface area (Å²) in [7, 11) is 0. The maximum Gasteiger partial charge on any atom is 0.341 e. The first kappa shape index (κ1) is 14.9. The molecule has 2 aromatic heterocycles. The highest BCUT2D eigenvalue weighted by Gasteiger charge is 2.16. The number of nitrogens with zero attached hydrogens (tertiary/aromatic N) is 2. The molecular formula is C14H8BrFN2O3S. The Bertz CT molecular complexity index is 804. The van der Waals surface area contributed by atoms with Gasteiger partial charge in [-0.2, -0.15) is 4.98 Å². The van der Waals surface area contributed by atoms with Crippen molar-refractivity contribution < 1.29 is 18.4 Å². The summed E-state index contributed by atoms with van der Waals surface area (Å²) in [4.78, 5) is 16.8. The summed E-state index contributed by atoms with van der Waals surface area (Å²) in [5.74, 6) is -0.880. The average molecular weight is 383 g/mol. The molecule has 8 heteroatoms. The SMILES string of the molecule is O=C(OCc1nc(-c2cccs2)no1)c1cc(Br)ccc1F. The van der Waals surface area contributed by atoms with Gasteiger partial charge in [0.25, 0.3) is 5.89 Å². The highest BCUT2D eigenvalue weighted by Crippen LogP contribution is 2.22. The lowest BCUT2D eigenvalue weighted by Gasteiger charge is -2.03. The highest BCUT2D eigenvalue weighted by atomic mass is 79.9. The zero-order valence-corrected chi connectivity index (χ0v) is 13.4. The van der Waals surface area contributed by atoms with Crippen molar-refractivity contribution in [3.63, 3.8) is 0 Å². The van der Waals surface area contributed by atoms with Gasteiger partial charge in [-0.25, -0.2) is 9.18 Å². The lowest BCUT2D eigenvalue weighted by atomic mass is 10.2. The van der Waals surface area contributed by atoms with E-state index < -0.39 is 11.8 Å². The smallest absolute Gasteiger partial charge is 0.341 e. The number of hydrogen-bond acceptors (Lipinski definition) is 6. The zero-order valence-electron chi connectivity index (χ0n) is 11.0. The van der Waals surface area contributed by atoms with Crippen LogP contribution in [0.5, 0.6) is 0 Å². The second-order valence-electron chi connectivity index (χ2n) is 4.19. The van der Waals surface area contributed by atoms with Crippen molar-refractivity contribution in [2.24, 2.45) is 0 Å². The van der Waals surface area contributed by atoms with Crippen molar-refractivity contribution in [2.45, 2.75) is 6.61 Å². The number of benzene rings is 1. The molecule has 0 spiro atoms. The molecule has 0 N–H and O–H groups in total. The van der Waals surface area contributed by atoms with Crippen LogP contribution in [0.15, 0.2) is 44.7 Å². The maximum atomic E-state index is 13.6. The van der Waals surface area contributed by atoms with Gasteiger partial charge in [-0.1, -0.05) is 27.2 Å². The normalized spacial score (nSPS) is 10.6. The third-order valence-corrected chi connectivity index (χ3v) is 4.04. The summed E-state index contributed by atoms with van der Waals surface area (Å²) in [5.41, 5.74) is -0.160. The first-order valence-corrected chi connectivity index (χ1v) is 7.79. The van der Waals surface area contributed by atoms with E-state index in [1.807, 2.05) is 17.5 Å². The van der Waals surface area contributed by atoms with E-state index in [4.69, 9.17) is 9.26 Å². The van der Waals surface area contributed by atoms with Gasteiger partial charge in [0.15, 0.2) is 6.61 Å². The molecule has 3 aromatic rings. The average Bonchev–Trinajstić information content (AvgIpc) is 3.17. The first-order valence-electron chi connectivity index (χ1n) is 6.12. The van der Waals surface area contributed by atoms with Gasteiger partial charge in [-0.05, 0) is 29.6 Å². The summed E-state index contributed by atoms with van der Waals surface area (Å²) >= 11 is 4.64. The number of rotatable bonds is 4. The molecule has 22 heavy (non-hydrogen) atoms. The number of hydrogen-bond donors (Lipinski definition) is 0. The van der Waals surface area contributed by atoms with Crippen LogP contribution in [0.2, 0.25) is 0 Å². The number of ether oxygens (including phenoxy) is 1. The molecule has 0 aliphatic heterocycles. The van der Waals surface area contributed by atoms with Crippen molar-refractivity contribution in [3.05, 3.63) is 57.5 Å². The molecule has 112 valence electrons. The molecule has 3 rings (SSSR count). The zero-order chi connectivity index (χ0) is 15.5. The van der Waals surface area contributed by atoms with Gasteiger partial charge in [0.2, 0.25) is 5.82 Å². The minimum Gasteiger partial charge on any atom is -0.452 e. The van der Waals surface area contributed by atoms with Crippen LogP contribution in [0.25, 0.3) is 10.7 Å². The first-order chi connectivity index (χ1) is 10.6. The molecule has 0 saturated carbocycles. The Balaban J connectivity index is 1.67. The Labute approximate surface area is 136 Å². The summed E-state index contributed by atoms with van der Waals surface area (Å²) in [6.07, 6.45) is 0. The molecule has 0 amide bonds. The number of esters is 1. The van der Waals surface area contributed by atoms with Gasteiger partial charge in [0, 0.05) is 4.47 Å². The summed E-state index contributed by atoms with van der Waals surface area (Å²) in [6.45, 7) is -0.219. The van der Waals surface area contributed by atoms with Crippen LogP contribution >= 0.6 is 27.3 Å². The minimum absolute atomic E-state index is 0.146. The third-order valence-electron chi connectivity index (χ3n) is 2.68. The number of carbonyl (C=O) groups is 1. The second-order valence-corrected chi connectivity index (χ2v) is 6.05. The molecular weight excluding hydrogens is 375 g/mol. The number of aromatic nitrogens is 2. The van der Waals surface area contributed by atoms with Crippen LogP contribution in [0.4, 0.5) is 4.39 Å². The number of carbonyl (C=O) groups excluding carboxylic acids is 1. The van der Waals surface area contributed by atoms with Crippen molar-refractivity contribution >= 4 is 33.2 Å². The molecule has 5 nitrogen and oxygen atoms in total. The van der Waals surface area contributed by atoms with E-state index in [2.05, 4.69) is 26.1 Å². The molecule has 0 bridgehead atoms. The molecule has 0 radical (unpaired) electrons. The predicted octanol–water partition coefficient (Wildman–Crippen LogP) is 4.06. The number of thiophene rings is 1. The Morgan fingerprint density at radius 2 is 2.27 bits per heavy atom. The topological polar surface area (TPSA) is 65.2 Å². The largest absolute Gasteiger partial charge is 0.452 e. The van der Waals surface area contributed by atoms with Gasteiger partial charge in [-0.3, -0.25) is 0 Å². The van der Waals surface area contributed by atoms with Gasteiger partial charge < -0.3 is 9.26 Å². The molecule has 0 atom stereocenters. The van der Waals surface area contributed by atoms with Gasteiger partial charge in [0.1, 0.15) is 5.82 Å². The lowest BCUT2D eigenvalue weighted by molar-refractivity contribution is 0.0424. The lowest BCUT2D eigenvalue weighted by Crippen LogP contribution is -2.07. The standard InChI is InChI=1S/C14H8BrFN2O3S/c15-8-3-4-10(16)9(6-8)14(19)20-7-12-17-13(18-21-12)11-2-1-5-22-11/h1-6H,7H2. The maximum absolute atomic E-state index is 13.6. The van der Waals surface area contributed by atoms with Crippen molar-refractivity contribution in [1.29, 1.82) is 0 Å². The fourth-order valence-corrected chi connectivity index (χ4v) is 2.69. The van der Waals surface area contributed by atoms with E-state index in [9.17, 15) is 9.18 Å². The van der Waals surface area contributed by atoms with E-state index in [1.165, 1.54) is 29.5 Å². The van der Waals surface area contributed by atoms with E-state index in [1.54, 1.807) is 0 Å². The van der Waals surface area contributed by atoms with E-state index in [0.29, 0.717) is 10.3 Å². The molecule has 1 aromatic carbocycles. The van der Waals surface area contributed by atoms with Crippen LogP contribution in [0, 0.1) is 5.82 Å². The highest BCUT2D eigenvalue weighted by molar-refractivity contribution is 9.10. The summed E-state index contributed by atoms with van der Waals surface area (Å²) < 4.78 is 24.1. The monoisotopic (exact) mass is 382 g/mol. The molecule has 0 saturated heterocycles. The van der Waals surface area contributed by atoms with E-state index >= 15 is 0 Å². The van der Waals surface area contributed by atoms with E-state index in [-0.39, 0.29) is 18.1 Å². The molecule has 2 heterocycles. The van der Waals surface area contributed by atoms with Gasteiger partial charge >= 0.3 is 5.97 Å². The quantitative estimate of drug-likeness (QED) is 0.636. The predicted molar refractivity (Wildman–Crippen MR) is 80.8 cm³/mol.